The molecule has 0 amide bonds. The molecule has 0 atom stereocenters. The number of fused-ring (bicyclic) bond motifs is 2. The summed E-state index contributed by atoms with van der Waals surface area (Å²) in [6.07, 6.45) is 1.13. The second kappa shape index (κ2) is 5.33. The van der Waals surface area contributed by atoms with E-state index in [9.17, 15) is 4.79 Å². The average Bonchev–Trinajstić information content (AvgIpc) is 2.48. The molecule has 3 rings (SSSR count). The zero-order valence-corrected chi connectivity index (χ0v) is 12.5. The van der Waals surface area contributed by atoms with Gasteiger partial charge in [0.1, 0.15) is 5.78 Å². The fraction of sp³-hybridized carbons (Fsp3) is 0.235. The van der Waals surface area contributed by atoms with Crippen LogP contribution in [0.25, 0.3) is 0 Å². The van der Waals surface area contributed by atoms with Gasteiger partial charge in [-0.3, -0.25) is 4.79 Å². The Labute approximate surface area is 123 Å². The third-order valence-electron chi connectivity index (χ3n) is 3.63. The largest absolute Gasteiger partial charge is 0.343 e. The number of carbonyl (C=O) groups is 1. The Morgan fingerprint density at radius 2 is 1.85 bits per heavy atom. The first kappa shape index (κ1) is 13.3. The smallest absolute Gasteiger partial charge is 0.136 e. The minimum absolute atomic E-state index is 0.288. The molecule has 2 aromatic rings. The molecule has 0 bridgehead atoms. The second-order valence-electron chi connectivity index (χ2n) is 5.00. The summed E-state index contributed by atoms with van der Waals surface area (Å²) in [6, 6.07) is 14.8. The van der Waals surface area contributed by atoms with Gasteiger partial charge in [0.2, 0.25) is 0 Å². The second-order valence-corrected chi connectivity index (χ2v) is 6.08. The highest BCUT2D eigenvalue weighted by molar-refractivity contribution is 7.99. The molecule has 2 nitrogen and oxygen atoms in total. The van der Waals surface area contributed by atoms with Crippen molar-refractivity contribution in [1.82, 2.24) is 0 Å². The van der Waals surface area contributed by atoms with E-state index in [0.717, 1.165) is 5.56 Å². The molecule has 2 aromatic carbocycles. The lowest BCUT2D eigenvalue weighted by Gasteiger charge is -2.29. The number of ketones is 1. The molecule has 1 heterocycles. The Kier molecular flexibility index (Phi) is 3.53. The summed E-state index contributed by atoms with van der Waals surface area (Å²) < 4.78 is 0. The zero-order chi connectivity index (χ0) is 14.1. The van der Waals surface area contributed by atoms with Gasteiger partial charge in [0.05, 0.1) is 11.4 Å². The van der Waals surface area contributed by atoms with Crippen molar-refractivity contribution in [3.63, 3.8) is 0 Å². The quantitative estimate of drug-likeness (QED) is 0.830. The zero-order valence-electron chi connectivity index (χ0n) is 11.7. The third kappa shape index (κ3) is 2.34. The minimum atomic E-state index is 0.288. The third-order valence-corrected chi connectivity index (χ3v) is 4.76. The molecule has 20 heavy (non-hydrogen) atoms. The first-order valence-corrected chi connectivity index (χ1v) is 7.66. The first-order valence-electron chi connectivity index (χ1n) is 6.84. The molecular weight excluding hydrogens is 266 g/mol. The normalized spacial score (nSPS) is 12.8. The van der Waals surface area contributed by atoms with Gasteiger partial charge in [0.15, 0.2) is 0 Å². The number of rotatable bonds is 3. The lowest BCUT2D eigenvalue weighted by molar-refractivity contribution is -0.118. The van der Waals surface area contributed by atoms with E-state index in [0.29, 0.717) is 12.8 Å². The first-order chi connectivity index (χ1) is 9.69. The minimum Gasteiger partial charge on any atom is -0.343 e. The summed E-state index contributed by atoms with van der Waals surface area (Å²) in [6.45, 7) is 1.92. The van der Waals surface area contributed by atoms with Crippen LogP contribution in [0.4, 0.5) is 11.4 Å². The summed E-state index contributed by atoms with van der Waals surface area (Å²) in [7, 11) is 2.09. The summed E-state index contributed by atoms with van der Waals surface area (Å²) in [4.78, 5) is 16.3. The molecule has 1 aliphatic heterocycles. The van der Waals surface area contributed by atoms with Crippen LogP contribution < -0.4 is 4.90 Å². The van der Waals surface area contributed by atoms with Crippen LogP contribution in [0.2, 0.25) is 0 Å². The van der Waals surface area contributed by atoms with E-state index < -0.39 is 0 Å². The van der Waals surface area contributed by atoms with Crippen molar-refractivity contribution in [1.29, 1.82) is 0 Å². The fourth-order valence-electron chi connectivity index (χ4n) is 2.44. The van der Waals surface area contributed by atoms with E-state index in [1.807, 2.05) is 6.92 Å². The number of Topliss-reactive ketones (excluding diaryl/α,β-unsaturated/α-hetero) is 1. The van der Waals surface area contributed by atoms with Gasteiger partial charge in [0.25, 0.3) is 0 Å². The molecule has 0 spiro atoms. The highest BCUT2D eigenvalue weighted by atomic mass is 32.2. The Morgan fingerprint density at radius 3 is 2.65 bits per heavy atom. The number of hydrogen-bond acceptors (Lipinski definition) is 3. The Morgan fingerprint density at radius 1 is 1.10 bits per heavy atom. The van der Waals surface area contributed by atoms with E-state index in [2.05, 4.69) is 54.4 Å². The van der Waals surface area contributed by atoms with Crippen molar-refractivity contribution < 1.29 is 4.79 Å². The Balaban J connectivity index is 1.97. The lowest BCUT2D eigenvalue weighted by Crippen LogP contribution is -2.15. The van der Waals surface area contributed by atoms with Gasteiger partial charge >= 0.3 is 0 Å². The SMILES string of the molecule is CCC(=O)Cc1ccc2c(c1)N(C)c1ccccc1S2. The maximum atomic E-state index is 11.6. The summed E-state index contributed by atoms with van der Waals surface area (Å²) >= 11 is 1.79. The fourth-order valence-corrected chi connectivity index (χ4v) is 3.57. The van der Waals surface area contributed by atoms with Gasteiger partial charge in [-0.05, 0) is 29.8 Å². The van der Waals surface area contributed by atoms with E-state index in [1.54, 1.807) is 11.8 Å². The van der Waals surface area contributed by atoms with Gasteiger partial charge in [-0.15, -0.1) is 0 Å². The van der Waals surface area contributed by atoms with E-state index in [1.165, 1.54) is 21.2 Å². The predicted molar refractivity (Wildman–Crippen MR) is 84.1 cm³/mol. The van der Waals surface area contributed by atoms with Crippen LogP contribution in [-0.4, -0.2) is 12.8 Å². The topological polar surface area (TPSA) is 20.3 Å². The van der Waals surface area contributed by atoms with Crippen molar-refractivity contribution >= 4 is 28.9 Å². The van der Waals surface area contributed by atoms with Crippen LogP contribution >= 0.6 is 11.8 Å². The molecule has 0 unspecified atom stereocenters. The van der Waals surface area contributed by atoms with Crippen LogP contribution in [0.3, 0.4) is 0 Å². The number of benzene rings is 2. The molecule has 0 saturated carbocycles. The molecule has 0 N–H and O–H groups in total. The number of hydrogen-bond donors (Lipinski definition) is 0. The van der Waals surface area contributed by atoms with Gasteiger partial charge in [-0.2, -0.15) is 0 Å². The Hall–Kier alpha value is -1.74. The summed E-state index contributed by atoms with van der Waals surface area (Å²) in [5.41, 5.74) is 3.52. The standard InChI is InChI=1S/C17H17NOS/c1-3-13(19)10-12-8-9-17-15(11-12)18(2)14-6-4-5-7-16(14)20-17/h4-9,11H,3,10H2,1-2H3. The number of anilines is 2. The average molecular weight is 283 g/mol. The molecule has 0 aliphatic carbocycles. The van der Waals surface area contributed by atoms with Crippen molar-refractivity contribution in [3.8, 4) is 0 Å². The molecule has 102 valence electrons. The lowest BCUT2D eigenvalue weighted by atomic mass is 10.1. The number of para-hydroxylation sites is 1. The van der Waals surface area contributed by atoms with Crippen LogP contribution in [0, 0.1) is 0 Å². The maximum Gasteiger partial charge on any atom is 0.136 e. The molecule has 0 radical (unpaired) electrons. The maximum absolute atomic E-state index is 11.6. The highest BCUT2D eigenvalue weighted by Crippen LogP contribution is 2.47. The molecule has 0 saturated heterocycles. The van der Waals surface area contributed by atoms with Crippen LogP contribution in [0.5, 0.6) is 0 Å². The van der Waals surface area contributed by atoms with Crippen LogP contribution in [0.1, 0.15) is 18.9 Å². The number of carbonyl (C=O) groups excluding carboxylic acids is 1. The van der Waals surface area contributed by atoms with Crippen molar-refractivity contribution in [2.75, 3.05) is 11.9 Å². The molecular formula is C17H17NOS. The van der Waals surface area contributed by atoms with Crippen molar-refractivity contribution in [2.45, 2.75) is 29.6 Å². The van der Waals surface area contributed by atoms with E-state index in [-0.39, 0.29) is 5.78 Å². The summed E-state index contributed by atoms with van der Waals surface area (Å²) in [5.74, 6) is 0.288. The molecule has 3 heteroatoms. The van der Waals surface area contributed by atoms with Crippen LogP contribution in [0.15, 0.2) is 52.3 Å². The molecule has 0 fully saturated rings. The number of nitrogens with zero attached hydrogens (tertiary/aromatic N) is 1. The molecule has 0 aromatic heterocycles. The molecule has 1 aliphatic rings. The predicted octanol–water partition coefficient (Wildman–Crippen LogP) is 4.44. The van der Waals surface area contributed by atoms with Crippen molar-refractivity contribution in [2.24, 2.45) is 0 Å². The van der Waals surface area contributed by atoms with Crippen LogP contribution in [-0.2, 0) is 11.2 Å². The van der Waals surface area contributed by atoms with Crippen molar-refractivity contribution in [3.05, 3.63) is 48.0 Å². The van der Waals surface area contributed by atoms with Gasteiger partial charge < -0.3 is 4.90 Å². The summed E-state index contributed by atoms with van der Waals surface area (Å²) in [5, 5.41) is 0. The van der Waals surface area contributed by atoms with E-state index >= 15 is 0 Å². The Bertz CT molecular complexity index is 666. The van der Waals surface area contributed by atoms with Gasteiger partial charge in [0, 0.05) is 29.7 Å². The van der Waals surface area contributed by atoms with E-state index in [4.69, 9.17) is 0 Å². The highest BCUT2D eigenvalue weighted by Gasteiger charge is 2.20. The van der Waals surface area contributed by atoms with Gasteiger partial charge in [-0.1, -0.05) is 36.9 Å². The monoisotopic (exact) mass is 283 g/mol. The van der Waals surface area contributed by atoms with Gasteiger partial charge in [-0.25, -0.2) is 0 Å².